The van der Waals surface area contributed by atoms with E-state index in [1.54, 1.807) is 11.1 Å². The molecule has 7 nitrogen and oxygen atoms in total. The van der Waals surface area contributed by atoms with Crippen molar-refractivity contribution in [3.63, 3.8) is 0 Å². The lowest BCUT2D eigenvalue weighted by atomic mass is 9.95. The third kappa shape index (κ3) is 4.54. The Morgan fingerprint density at radius 2 is 1.81 bits per heavy atom. The molecule has 1 aromatic heterocycles. The molecule has 1 fully saturated rings. The maximum Gasteiger partial charge on any atom is 0.268 e. The van der Waals surface area contributed by atoms with Gasteiger partial charge in [-0.25, -0.2) is 4.39 Å². The fraction of sp³-hybridized carbons (Fsp3) is 0.435. The summed E-state index contributed by atoms with van der Waals surface area (Å²) in [5.41, 5.74) is 1.61. The van der Waals surface area contributed by atoms with Crippen molar-refractivity contribution in [2.45, 2.75) is 32.7 Å². The number of hydrogen-bond donors (Lipinski definition) is 1. The first-order valence-corrected chi connectivity index (χ1v) is 10.7. The summed E-state index contributed by atoms with van der Waals surface area (Å²) in [6.45, 7) is 5.61. The second-order valence-electron chi connectivity index (χ2n) is 8.15. The summed E-state index contributed by atoms with van der Waals surface area (Å²) in [5.74, 6) is -0.854. The summed E-state index contributed by atoms with van der Waals surface area (Å²) >= 11 is 0. The van der Waals surface area contributed by atoms with Crippen molar-refractivity contribution in [1.29, 1.82) is 0 Å². The number of nitrogens with zero attached hydrogens (tertiary/aromatic N) is 3. The van der Waals surface area contributed by atoms with Gasteiger partial charge in [-0.3, -0.25) is 19.0 Å². The van der Waals surface area contributed by atoms with Crippen molar-refractivity contribution in [2.24, 2.45) is 0 Å². The van der Waals surface area contributed by atoms with E-state index in [-0.39, 0.29) is 11.5 Å². The number of rotatable bonds is 5. The SMILES string of the molecule is CC(=O)N1CCc2c(cn(-c3ccc(F)cc3)c(=O)c2C(=O)NCCN2CCCC2)C1. The van der Waals surface area contributed by atoms with E-state index < -0.39 is 17.3 Å². The van der Waals surface area contributed by atoms with Crippen LogP contribution in [-0.4, -0.2) is 58.9 Å². The first-order valence-electron chi connectivity index (χ1n) is 10.7. The number of hydrogen-bond acceptors (Lipinski definition) is 4. The molecule has 0 saturated carbocycles. The molecule has 4 rings (SSSR count). The summed E-state index contributed by atoms with van der Waals surface area (Å²) in [7, 11) is 0. The number of benzene rings is 1. The normalized spacial score (nSPS) is 16.3. The van der Waals surface area contributed by atoms with E-state index >= 15 is 0 Å². The molecule has 8 heteroatoms. The Balaban J connectivity index is 1.68. The first-order chi connectivity index (χ1) is 14.9. The molecule has 1 N–H and O–H groups in total. The maximum atomic E-state index is 13.4. The molecular formula is C23H27FN4O3. The number of fused-ring (bicyclic) bond motifs is 1. The third-order valence-electron chi connectivity index (χ3n) is 6.09. The van der Waals surface area contributed by atoms with Gasteiger partial charge in [0, 0.05) is 45.0 Å². The second-order valence-corrected chi connectivity index (χ2v) is 8.15. The van der Waals surface area contributed by atoms with E-state index in [4.69, 9.17) is 0 Å². The van der Waals surface area contributed by atoms with Crippen LogP contribution in [0.3, 0.4) is 0 Å². The number of likely N-dealkylation sites (tertiary alicyclic amines) is 1. The molecule has 1 saturated heterocycles. The molecule has 2 amide bonds. The molecule has 2 aromatic rings. The van der Waals surface area contributed by atoms with Crippen LogP contribution in [0.15, 0.2) is 35.3 Å². The highest BCUT2D eigenvalue weighted by molar-refractivity contribution is 5.96. The molecule has 2 aliphatic rings. The van der Waals surface area contributed by atoms with Crippen LogP contribution in [0.1, 0.15) is 41.3 Å². The maximum absolute atomic E-state index is 13.4. The van der Waals surface area contributed by atoms with E-state index in [1.807, 2.05) is 0 Å². The topological polar surface area (TPSA) is 74.6 Å². The molecule has 2 aliphatic heterocycles. The van der Waals surface area contributed by atoms with E-state index in [0.29, 0.717) is 37.3 Å². The predicted molar refractivity (Wildman–Crippen MR) is 115 cm³/mol. The summed E-state index contributed by atoms with van der Waals surface area (Å²) in [6, 6.07) is 5.56. The van der Waals surface area contributed by atoms with Crippen molar-refractivity contribution in [2.75, 3.05) is 32.7 Å². The molecule has 1 aromatic carbocycles. The van der Waals surface area contributed by atoms with Gasteiger partial charge in [-0.1, -0.05) is 0 Å². The molecule has 0 radical (unpaired) electrons. The van der Waals surface area contributed by atoms with Gasteiger partial charge in [0.05, 0.1) is 0 Å². The minimum Gasteiger partial charge on any atom is -0.351 e. The van der Waals surface area contributed by atoms with Gasteiger partial charge in [0.15, 0.2) is 0 Å². The minimum absolute atomic E-state index is 0.0539. The van der Waals surface area contributed by atoms with Gasteiger partial charge >= 0.3 is 0 Å². The van der Waals surface area contributed by atoms with Crippen LogP contribution in [0.25, 0.3) is 5.69 Å². The highest BCUT2D eigenvalue weighted by atomic mass is 19.1. The molecular weight excluding hydrogens is 399 g/mol. The van der Waals surface area contributed by atoms with Gasteiger partial charge in [-0.15, -0.1) is 0 Å². The lowest BCUT2D eigenvalue weighted by Crippen LogP contribution is -2.41. The lowest BCUT2D eigenvalue weighted by Gasteiger charge is -2.29. The summed E-state index contributed by atoms with van der Waals surface area (Å²) in [6.07, 6.45) is 4.47. The monoisotopic (exact) mass is 426 g/mol. The van der Waals surface area contributed by atoms with Crippen LogP contribution in [0.5, 0.6) is 0 Å². The van der Waals surface area contributed by atoms with Crippen molar-refractivity contribution in [3.05, 3.63) is 63.3 Å². The number of carbonyl (C=O) groups excluding carboxylic acids is 2. The molecule has 0 bridgehead atoms. The van der Waals surface area contributed by atoms with Gasteiger partial charge in [0.1, 0.15) is 11.4 Å². The van der Waals surface area contributed by atoms with Crippen molar-refractivity contribution in [1.82, 2.24) is 19.7 Å². The van der Waals surface area contributed by atoms with Crippen molar-refractivity contribution < 1.29 is 14.0 Å². The van der Waals surface area contributed by atoms with E-state index in [2.05, 4.69) is 10.2 Å². The van der Waals surface area contributed by atoms with Crippen LogP contribution in [0.4, 0.5) is 4.39 Å². The molecule has 31 heavy (non-hydrogen) atoms. The zero-order valence-electron chi connectivity index (χ0n) is 17.7. The molecule has 3 heterocycles. The van der Waals surface area contributed by atoms with Gasteiger partial charge < -0.3 is 15.1 Å². The van der Waals surface area contributed by atoms with Gasteiger partial charge in [-0.05, 0) is 67.7 Å². The Bertz CT molecular complexity index is 1040. The number of pyridine rings is 1. The van der Waals surface area contributed by atoms with E-state index in [0.717, 1.165) is 25.2 Å². The van der Waals surface area contributed by atoms with E-state index in [1.165, 1.54) is 48.6 Å². The standard InChI is InChI=1S/C23H27FN4O3/c1-16(29)27-12-8-20-17(14-27)15-28(19-6-4-18(24)5-7-19)23(31)21(20)22(30)25-9-13-26-10-2-3-11-26/h4-7,15H,2-3,8-14H2,1H3,(H,25,30). The highest BCUT2D eigenvalue weighted by Crippen LogP contribution is 2.22. The third-order valence-corrected chi connectivity index (χ3v) is 6.09. The number of carbonyl (C=O) groups is 2. The Morgan fingerprint density at radius 1 is 1.10 bits per heavy atom. The highest BCUT2D eigenvalue weighted by Gasteiger charge is 2.27. The fourth-order valence-electron chi connectivity index (χ4n) is 4.37. The molecule has 164 valence electrons. The summed E-state index contributed by atoms with van der Waals surface area (Å²) < 4.78 is 14.8. The van der Waals surface area contributed by atoms with Gasteiger partial charge in [0.2, 0.25) is 5.91 Å². The van der Waals surface area contributed by atoms with Gasteiger partial charge in [-0.2, -0.15) is 0 Å². The Hall–Kier alpha value is -3.00. The van der Waals surface area contributed by atoms with Crippen molar-refractivity contribution >= 4 is 11.8 Å². The zero-order chi connectivity index (χ0) is 22.0. The molecule has 0 spiro atoms. The van der Waals surface area contributed by atoms with Crippen LogP contribution < -0.4 is 10.9 Å². The van der Waals surface area contributed by atoms with Crippen LogP contribution in [-0.2, 0) is 17.8 Å². The van der Waals surface area contributed by atoms with Crippen LogP contribution in [0.2, 0.25) is 0 Å². The Kier molecular flexibility index (Phi) is 6.18. The predicted octanol–water partition coefficient (Wildman–Crippen LogP) is 1.71. The number of amides is 2. The van der Waals surface area contributed by atoms with Crippen molar-refractivity contribution in [3.8, 4) is 5.69 Å². The Morgan fingerprint density at radius 3 is 2.48 bits per heavy atom. The first kappa shape index (κ1) is 21.2. The van der Waals surface area contributed by atoms with Crippen LogP contribution >= 0.6 is 0 Å². The number of aromatic nitrogens is 1. The average Bonchev–Trinajstić information content (AvgIpc) is 3.27. The molecule has 0 aliphatic carbocycles. The number of halogens is 1. The minimum atomic E-state index is -0.430. The largest absolute Gasteiger partial charge is 0.351 e. The number of nitrogens with one attached hydrogen (secondary N) is 1. The Labute approximate surface area is 180 Å². The van der Waals surface area contributed by atoms with Crippen LogP contribution in [0, 0.1) is 5.82 Å². The molecule has 0 unspecified atom stereocenters. The average molecular weight is 426 g/mol. The van der Waals surface area contributed by atoms with E-state index in [9.17, 15) is 18.8 Å². The second kappa shape index (κ2) is 9.01. The summed E-state index contributed by atoms with van der Waals surface area (Å²) in [4.78, 5) is 42.3. The fourth-order valence-corrected chi connectivity index (χ4v) is 4.37. The summed E-state index contributed by atoms with van der Waals surface area (Å²) in [5, 5.41) is 2.90. The zero-order valence-corrected chi connectivity index (χ0v) is 17.7. The van der Waals surface area contributed by atoms with Gasteiger partial charge in [0.25, 0.3) is 11.5 Å². The quantitative estimate of drug-likeness (QED) is 0.790. The lowest BCUT2D eigenvalue weighted by molar-refractivity contribution is -0.129. The smallest absolute Gasteiger partial charge is 0.268 e. The molecule has 0 atom stereocenters.